The van der Waals surface area contributed by atoms with Crippen LogP contribution < -0.4 is 10.2 Å². The van der Waals surface area contributed by atoms with Crippen molar-refractivity contribution in [2.24, 2.45) is 0 Å². The molecule has 1 aliphatic rings. The molecule has 0 bridgehead atoms. The molecule has 1 aliphatic heterocycles. The monoisotopic (exact) mass is 264 g/mol. The first kappa shape index (κ1) is 14.1. The number of nitrogens with zero attached hydrogens (tertiary/aromatic N) is 3. The Hall–Kier alpha value is -1.36. The van der Waals surface area contributed by atoms with Gasteiger partial charge in [-0.1, -0.05) is 6.92 Å². The molecule has 2 rings (SSSR count). The number of piperidine rings is 1. The highest BCUT2D eigenvalue weighted by Gasteiger charge is 2.23. The third-order valence-corrected chi connectivity index (χ3v) is 3.73. The minimum absolute atomic E-state index is 0.311. The number of nitrogens with one attached hydrogen (secondary N) is 1. The lowest BCUT2D eigenvalue weighted by molar-refractivity contribution is 0.0891. The molecule has 1 N–H and O–H groups in total. The van der Waals surface area contributed by atoms with Crippen LogP contribution in [0.5, 0.6) is 0 Å². The molecule has 1 aromatic heterocycles. The minimum atomic E-state index is 0.311. The Morgan fingerprint density at radius 2 is 2.21 bits per heavy atom. The second kappa shape index (κ2) is 6.19. The maximum atomic E-state index is 5.50. The van der Waals surface area contributed by atoms with Gasteiger partial charge in [-0.3, -0.25) is 0 Å². The second-order valence-corrected chi connectivity index (χ2v) is 4.99. The Labute approximate surface area is 115 Å². The quantitative estimate of drug-likeness (QED) is 0.901. The predicted molar refractivity (Wildman–Crippen MR) is 77.9 cm³/mol. The fraction of sp³-hybridized carbons (Fsp3) is 0.714. The average Bonchev–Trinajstić information content (AvgIpc) is 2.47. The van der Waals surface area contributed by atoms with E-state index in [1.54, 1.807) is 7.11 Å². The molecule has 0 aromatic carbocycles. The van der Waals surface area contributed by atoms with E-state index in [-0.39, 0.29) is 0 Å². The first-order valence-electron chi connectivity index (χ1n) is 7.02. The number of aryl methyl sites for hydroxylation is 1. The van der Waals surface area contributed by atoms with Gasteiger partial charge in [0.1, 0.15) is 17.5 Å². The minimum Gasteiger partial charge on any atom is -0.380 e. The fourth-order valence-corrected chi connectivity index (χ4v) is 2.58. The van der Waals surface area contributed by atoms with Crippen molar-refractivity contribution in [1.82, 2.24) is 9.97 Å². The molecule has 2 heterocycles. The van der Waals surface area contributed by atoms with E-state index >= 15 is 0 Å². The Balaban J connectivity index is 2.32. The summed E-state index contributed by atoms with van der Waals surface area (Å²) in [7, 11) is 3.70. The number of ether oxygens (including phenoxy) is 1. The van der Waals surface area contributed by atoms with Crippen LogP contribution in [-0.2, 0) is 11.2 Å². The number of hydrogen-bond donors (Lipinski definition) is 1. The van der Waals surface area contributed by atoms with E-state index in [0.29, 0.717) is 6.10 Å². The zero-order chi connectivity index (χ0) is 13.8. The van der Waals surface area contributed by atoms with E-state index in [9.17, 15) is 0 Å². The number of methoxy groups -OCH3 is 1. The first-order chi connectivity index (χ1) is 9.19. The molecule has 1 atom stereocenters. The van der Waals surface area contributed by atoms with Crippen LogP contribution in [0.2, 0.25) is 0 Å². The molecule has 0 aliphatic carbocycles. The largest absolute Gasteiger partial charge is 0.380 e. The maximum Gasteiger partial charge on any atom is 0.137 e. The van der Waals surface area contributed by atoms with Crippen LogP contribution in [0.25, 0.3) is 0 Å². The Kier molecular flexibility index (Phi) is 4.58. The molecule has 106 valence electrons. The van der Waals surface area contributed by atoms with Gasteiger partial charge in [-0.05, 0) is 19.8 Å². The number of aromatic nitrogens is 2. The topological polar surface area (TPSA) is 50.3 Å². The van der Waals surface area contributed by atoms with Gasteiger partial charge in [0.2, 0.25) is 0 Å². The first-order valence-corrected chi connectivity index (χ1v) is 7.02. The van der Waals surface area contributed by atoms with Gasteiger partial charge in [-0.2, -0.15) is 0 Å². The summed E-state index contributed by atoms with van der Waals surface area (Å²) in [6.45, 7) is 6.13. The maximum absolute atomic E-state index is 5.50. The lowest BCUT2D eigenvalue weighted by Gasteiger charge is -2.34. The van der Waals surface area contributed by atoms with Crippen LogP contribution in [0.1, 0.15) is 31.2 Å². The van der Waals surface area contributed by atoms with Crippen molar-refractivity contribution in [3.63, 3.8) is 0 Å². The molecule has 5 nitrogen and oxygen atoms in total. The van der Waals surface area contributed by atoms with Crippen molar-refractivity contribution in [3.05, 3.63) is 11.4 Å². The van der Waals surface area contributed by atoms with Crippen molar-refractivity contribution in [2.45, 2.75) is 39.2 Å². The summed E-state index contributed by atoms with van der Waals surface area (Å²) >= 11 is 0. The number of anilines is 2. The normalized spacial score (nSPS) is 19.6. The molecule has 0 spiro atoms. The molecule has 1 saturated heterocycles. The number of rotatable bonds is 4. The zero-order valence-corrected chi connectivity index (χ0v) is 12.4. The lowest BCUT2D eigenvalue weighted by Crippen LogP contribution is -2.40. The van der Waals surface area contributed by atoms with Gasteiger partial charge >= 0.3 is 0 Å². The average molecular weight is 264 g/mol. The Morgan fingerprint density at radius 3 is 2.84 bits per heavy atom. The summed E-state index contributed by atoms with van der Waals surface area (Å²) < 4.78 is 5.50. The van der Waals surface area contributed by atoms with E-state index in [1.807, 2.05) is 7.05 Å². The van der Waals surface area contributed by atoms with Gasteiger partial charge < -0.3 is 15.0 Å². The van der Waals surface area contributed by atoms with E-state index in [0.717, 1.165) is 55.4 Å². The third kappa shape index (κ3) is 2.97. The summed E-state index contributed by atoms with van der Waals surface area (Å²) in [5.74, 6) is 2.88. The molecule has 5 heteroatoms. The summed E-state index contributed by atoms with van der Waals surface area (Å²) in [5, 5.41) is 3.17. The highest BCUT2D eigenvalue weighted by Crippen LogP contribution is 2.26. The van der Waals surface area contributed by atoms with Crippen molar-refractivity contribution >= 4 is 11.6 Å². The van der Waals surface area contributed by atoms with Gasteiger partial charge in [0.25, 0.3) is 0 Å². The summed E-state index contributed by atoms with van der Waals surface area (Å²) in [6.07, 6.45) is 3.45. The van der Waals surface area contributed by atoms with Gasteiger partial charge in [0, 0.05) is 39.2 Å². The van der Waals surface area contributed by atoms with E-state index in [4.69, 9.17) is 9.72 Å². The summed E-state index contributed by atoms with van der Waals surface area (Å²) in [4.78, 5) is 11.6. The predicted octanol–water partition coefficient (Wildman–Crippen LogP) is 2.00. The summed E-state index contributed by atoms with van der Waals surface area (Å²) in [5.41, 5.74) is 1.12. The lowest BCUT2D eigenvalue weighted by atomic mass is 10.1. The van der Waals surface area contributed by atoms with E-state index < -0.39 is 0 Å². The zero-order valence-electron chi connectivity index (χ0n) is 12.4. The molecule has 0 amide bonds. The Bertz CT molecular complexity index is 436. The highest BCUT2D eigenvalue weighted by molar-refractivity contribution is 5.58. The van der Waals surface area contributed by atoms with Crippen LogP contribution in [0.3, 0.4) is 0 Å². The van der Waals surface area contributed by atoms with Crippen LogP contribution >= 0.6 is 0 Å². The molecule has 19 heavy (non-hydrogen) atoms. The van der Waals surface area contributed by atoms with E-state index in [2.05, 4.69) is 29.0 Å². The second-order valence-electron chi connectivity index (χ2n) is 4.99. The van der Waals surface area contributed by atoms with E-state index in [1.165, 1.54) is 0 Å². The van der Waals surface area contributed by atoms with Gasteiger partial charge in [-0.15, -0.1) is 0 Å². The summed E-state index contributed by atoms with van der Waals surface area (Å²) in [6, 6.07) is 0. The van der Waals surface area contributed by atoms with Crippen molar-refractivity contribution in [2.75, 3.05) is 37.5 Å². The molecule has 1 fully saturated rings. The molecule has 0 radical (unpaired) electrons. The SMILES string of the molecule is CCc1nc(NC)c(C)c(N2CCCC(OC)C2)n1. The molecular weight excluding hydrogens is 240 g/mol. The van der Waals surface area contributed by atoms with Gasteiger partial charge in [0.15, 0.2) is 0 Å². The van der Waals surface area contributed by atoms with Crippen LogP contribution in [0.4, 0.5) is 11.6 Å². The van der Waals surface area contributed by atoms with Crippen molar-refractivity contribution in [1.29, 1.82) is 0 Å². The van der Waals surface area contributed by atoms with Crippen LogP contribution in [-0.4, -0.2) is 43.3 Å². The van der Waals surface area contributed by atoms with Gasteiger partial charge in [0.05, 0.1) is 6.10 Å². The number of hydrogen-bond acceptors (Lipinski definition) is 5. The third-order valence-electron chi connectivity index (χ3n) is 3.73. The Morgan fingerprint density at radius 1 is 1.42 bits per heavy atom. The van der Waals surface area contributed by atoms with Crippen molar-refractivity contribution < 1.29 is 4.74 Å². The molecule has 1 unspecified atom stereocenters. The standard InChI is InChI=1S/C14H24N4O/c1-5-12-16-13(15-3)10(2)14(17-12)18-8-6-7-11(9-18)19-4/h11H,5-9H2,1-4H3,(H,15,16,17). The molecule has 1 aromatic rings. The van der Waals surface area contributed by atoms with Gasteiger partial charge in [-0.25, -0.2) is 9.97 Å². The smallest absolute Gasteiger partial charge is 0.137 e. The fourth-order valence-electron chi connectivity index (χ4n) is 2.58. The molecular formula is C14H24N4O. The van der Waals surface area contributed by atoms with Crippen LogP contribution in [0.15, 0.2) is 0 Å². The molecule has 0 saturated carbocycles. The van der Waals surface area contributed by atoms with Crippen molar-refractivity contribution in [3.8, 4) is 0 Å². The highest BCUT2D eigenvalue weighted by atomic mass is 16.5. The van der Waals surface area contributed by atoms with Crippen LogP contribution in [0, 0.1) is 6.92 Å².